The zero-order valence-corrected chi connectivity index (χ0v) is 13.7. The van der Waals surface area contributed by atoms with E-state index in [9.17, 15) is 0 Å². The van der Waals surface area contributed by atoms with Crippen LogP contribution < -0.4 is 10.2 Å². The molecule has 1 aliphatic carbocycles. The largest absolute Gasteiger partial charge is 0.381 e. The summed E-state index contributed by atoms with van der Waals surface area (Å²) in [5.41, 5.74) is 2.59. The van der Waals surface area contributed by atoms with Gasteiger partial charge in [0.25, 0.3) is 0 Å². The summed E-state index contributed by atoms with van der Waals surface area (Å²) in [5, 5.41) is 3.73. The van der Waals surface area contributed by atoms with Crippen LogP contribution in [0.3, 0.4) is 0 Å². The van der Waals surface area contributed by atoms with Crippen molar-refractivity contribution in [3.63, 3.8) is 0 Å². The quantitative estimate of drug-likeness (QED) is 0.863. The molecule has 1 saturated heterocycles. The lowest BCUT2D eigenvalue weighted by atomic mass is 10.1. The van der Waals surface area contributed by atoms with Crippen molar-refractivity contribution < 1.29 is 0 Å². The SMILES string of the molecule is CCN(CC)c1ccc(NC2CC(C)N(C3CC3)C2)cc1. The molecule has 0 spiro atoms. The molecule has 2 fully saturated rings. The van der Waals surface area contributed by atoms with E-state index >= 15 is 0 Å². The van der Waals surface area contributed by atoms with E-state index in [0.29, 0.717) is 6.04 Å². The molecule has 3 heteroatoms. The molecule has 1 aromatic carbocycles. The summed E-state index contributed by atoms with van der Waals surface area (Å²) in [6, 6.07) is 11.2. The molecule has 2 unspecified atom stereocenters. The van der Waals surface area contributed by atoms with Crippen molar-refractivity contribution in [2.75, 3.05) is 29.9 Å². The predicted molar refractivity (Wildman–Crippen MR) is 91.2 cm³/mol. The lowest BCUT2D eigenvalue weighted by Crippen LogP contribution is -2.31. The molecule has 0 bridgehead atoms. The van der Waals surface area contributed by atoms with E-state index in [-0.39, 0.29) is 0 Å². The van der Waals surface area contributed by atoms with Crippen LogP contribution in [0.4, 0.5) is 11.4 Å². The summed E-state index contributed by atoms with van der Waals surface area (Å²) in [6.07, 6.45) is 4.10. The van der Waals surface area contributed by atoms with Crippen molar-refractivity contribution in [3.8, 4) is 0 Å². The average molecular weight is 287 g/mol. The molecule has 1 aliphatic heterocycles. The topological polar surface area (TPSA) is 18.5 Å². The molecule has 21 heavy (non-hydrogen) atoms. The Balaban J connectivity index is 1.58. The Morgan fingerprint density at radius 2 is 1.81 bits per heavy atom. The van der Waals surface area contributed by atoms with E-state index in [2.05, 4.69) is 60.2 Å². The van der Waals surface area contributed by atoms with Crippen molar-refractivity contribution in [1.82, 2.24) is 4.90 Å². The van der Waals surface area contributed by atoms with Gasteiger partial charge in [-0.25, -0.2) is 0 Å². The summed E-state index contributed by atoms with van der Waals surface area (Å²) in [7, 11) is 0. The molecule has 1 saturated carbocycles. The number of likely N-dealkylation sites (tertiary alicyclic amines) is 1. The van der Waals surface area contributed by atoms with Gasteiger partial charge < -0.3 is 10.2 Å². The first-order chi connectivity index (χ1) is 10.2. The van der Waals surface area contributed by atoms with Crippen molar-refractivity contribution in [3.05, 3.63) is 24.3 Å². The Kier molecular flexibility index (Phi) is 4.39. The molecule has 0 aromatic heterocycles. The van der Waals surface area contributed by atoms with Gasteiger partial charge in [0.05, 0.1) is 0 Å². The fourth-order valence-corrected chi connectivity index (χ4v) is 3.67. The van der Waals surface area contributed by atoms with Gasteiger partial charge in [0.1, 0.15) is 0 Å². The van der Waals surface area contributed by atoms with Gasteiger partial charge in [-0.2, -0.15) is 0 Å². The maximum Gasteiger partial charge on any atom is 0.0403 e. The first-order valence-corrected chi connectivity index (χ1v) is 8.58. The van der Waals surface area contributed by atoms with Crippen LogP contribution in [0.5, 0.6) is 0 Å². The average Bonchev–Trinajstić information content (AvgIpc) is 3.26. The number of nitrogens with one attached hydrogen (secondary N) is 1. The minimum Gasteiger partial charge on any atom is -0.381 e. The van der Waals surface area contributed by atoms with Crippen molar-refractivity contribution in [1.29, 1.82) is 0 Å². The van der Waals surface area contributed by atoms with Crippen LogP contribution in [0.1, 0.15) is 40.0 Å². The van der Waals surface area contributed by atoms with Crippen LogP contribution in [0.15, 0.2) is 24.3 Å². The van der Waals surface area contributed by atoms with Gasteiger partial charge in [-0.15, -0.1) is 0 Å². The molecule has 1 heterocycles. The Bertz CT molecular complexity index is 448. The third-order valence-corrected chi connectivity index (χ3v) is 5.01. The Hall–Kier alpha value is -1.22. The normalized spacial score (nSPS) is 26.0. The summed E-state index contributed by atoms with van der Waals surface area (Å²) in [4.78, 5) is 5.08. The Labute approximate surface area is 129 Å². The second kappa shape index (κ2) is 6.27. The molecule has 3 rings (SSSR count). The van der Waals surface area contributed by atoms with Crippen LogP contribution in [-0.4, -0.2) is 42.7 Å². The predicted octanol–water partition coefficient (Wildman–Crippen LogP) is 3.57. The maximum atomic E-state index is 3.73. The smallest absolute Gasteiger partial charge is 0.0403 e. The number of anilines is 2. The van der Waals surface area contributed by atoms with Crippen LogP contribution in [-0.2, 0) is 0 Å². The second-order valence-electron chi connectivity index (χ2n) is 6.57. The molecule has 2 aliphatic rings. The number of hydrogen-bond donors (Lipinski definition) is 1. The van der Waals surface area contributed by atoms with Gasteiger partial charge in [0.15, 0.2) is 0 Å². The van der Waals surface area contributed by atoms with E-state index in [4.69, 9.17) is 0 Å². The third-order valence-electron chi connectivity index (χ3n) is 5.01. The lowest BCUT2D eigenvalue weighted by Gasteiger charge is -2.22. The fraction of sp³-hybridized carbons (Fsp3) is 0.667. The minimum absolute atomic E-state index is 0.611. The number of rotatable bonds is 6. The zero-order valence-electron chi connectivity index (χ0n) is 13.7. The van der Waals surface area contributed by atoms with Gasteiger partial charge in [-0.3, -0.25) is 4.90 Å². The number of nitrogens with zero attached hydrogens (tertiary/aromatic N) is 2. The van der Waals surface area contributed by atoms with E-state index in [1.807, 2.05) is 0 Å². The van der Waals surface area contributed by atoms with Crippen molar-refractivity contribution >= 4 is 11.4 Å². The van der Waals surface area contributed by atoms with E-state index < -0.39 is 0 Å². The molecular weight excluding hydrogens is 258 g/mol. The third kappa shape index (κ3) is 3.34. The monoisotopic (exact) mass is 287 g/mol. The van der Waals surface area contributed by atoms with E-state index in [1.54, 1.807) is 0 Å². The second-order valence-corrected chi connectivity index (χ2v) is 6.57. The van der Waals surface area contributed by atoms with Gasteiger partial charge >= 0.3 is 0 Å². The molecule has 1 aromatic rings. The van der Waals surface area contributed by atoms with E-state index in [1.165, 1.54) is 37.2 Å². The van der Waals surface area contributed by atoms with Gasteiger partial charge in [-0.05, 0) is 64.3 Å². The van der Waals surface area contributed by atoms with Crippen LogP contribution >= 0.6 is 0 Å². The molecule has 2 atom stereocenters. The minimum atomic E-state index is 0.611. The van der Waals surface area contributed by atoms with Gasteiger partial charge in [-0.1, -0.05) is 0 Å². The summed E-state index contributed by atoms with van der Waals surface area (Å²) in [5.74, 6) is 0. The highest BCUT2D eigenvalue weighted by Gasteiger charge is 2.38. The van der Waals surface area contributed by atoms with Crippen LogP contribution in [0.2, 0.25) is 0 Å². The fourth-order valence-electron chi connectivity index (χ4n) is 3.67. The highest BCUT2D eigenvalue weighted by Crippen LogP contribution is 2.34. The summed E-state index contributed by atoms with van der Waals surface area (Å²) in [6.45, 7) is 10.1. The number of hydrogen-bond acceptors (Lipinski definition) is 3. The molecule has 3 nitrogen and oxygen atoms in total. The summed E-state index contributed by atoms with van der Waals surface area (Å²) >= 11 is 0. The maximum absolute atomic E-state index is 3.73. The zero-order chi connectivity index (χ0) is 14.8. The van der Waals surface area contributed by atoms with Crippen molar-refractivity contribution in [2.45, 2.75) is 58.2 Å². The Morgan fingerprint density at radius 1 is 1.14 bits per heavy atom. The first kappa shape index (κ1) is 14.7. The molecule has 0 amide bonds. The Morgan fingerprint density at radius 3 is 2.38 bits per heavy atom. The highest BCUT2D eigenvalue weighted by atomic mass is 15.3. The molecule has 0 radical (unpaired) electrons. The van der Waals surface area contributed by atoms with Gasteiger partial charge in [0, 0.05) is 49.1 Å². The highest BCUT2D eigenvalue weighted by molar-refractivity contribution is 5.55. The van der Waals surface area contributed by atoms with E-state index in [0.717, 1.165) is 25.2 Å². The first-order valence-electron chi connectivity index (χ1n) is 8.58. The van der Waals surface area contributed by atoms with Crippen LogP contribution in [0, 0.1) is 0 Å². The van der Waals surface area contributed by atoms with Gasteiger partial charge in [0.2, 0.25) is 0 Å². The standard InChI is InChI=1S/C18H29N3/c1-4-20(5-2)17-8-6-15(7-9-17)19-16-12-14(3)21(13-16)18-10-11-18/h6-9,14,16,18-19H,4-5,10-13H2,1-3H3. The summed E-state index contributed by atoms with van der Waals surface area (Å²) < 4.78 is 0. The van der Waals surface area contributed by atoms with Crippen LogP contribution in [0.25, 0.3) is 0 Å². The molecule has 1 N–H and O–H groups in total. The number of benzene rings is 1. The molecular formula is C18H29N3. The lowest BCUT2D eigenvalue weighted by molar-refractivity contribution is 0.257. The van der Waals surface area contributed by atoms with Crippen molar-refractivity contribution in [2.24, 2.45) is 0 Å². The molecule has 116 valence electrons.